The molecule has 0 aromatic heterocycles. The van der Waals surface area contributed by atoms with E-state index in [2.05, 4.69) is 0 Å². The molecule has 0 aliphatic heterocycles. The SMILES string of the molecule is O=C(O)CCOCc1cccc(OCCO)c1. The summed E-state index contributed by atoms with van der Waals surface area (Å²) in [5.41, 5.74) is 0.908. The van der Waals surface area contributed by atoms with Crippen LogP contribution < -0.4 is 4.74 Å². The molecule has 0 amide bonds. The molecule has 0 spiro atoms. The van der Waals surface area contributed by atoms with Gasteiger partial charge < -0.3 is 19.7 Å². The van der Waals surface area contributed by atoms with Crippen LogP contribution in [0.3, 0.4) is 0 Å². The summed E-state index contributed by atoms with van der Waals surface area (Å²) in [6, 6.07) is 7.28. The highest BCUT2D eigenvalue weighted by atomic mass is 16.5. The van der Waals surface area contributed by atoms with E-state index < -0.39 is 5.97 Å². The highest BCUT2D eigenvalue weighted by Crippen LogP contribution is 2.13. The van der Waals surface area contributed by atoms with Crippen LogP contribution in [0.2, 0.25) is 0 Å². The Balaban J connectivity index is 2.34. The van der Waals surface area contributed by atoms with Crippen molar-refractivity contribution in [2.45, 2.75) is 13.0 Å². The number of hydrogen-bond donors (Lipinski definition) is 2. The van der Waals surface area contributed by atoms with E-state index in [0.29, 0.717) is 12.4 Å². The van der Waals surface area contributed by atoms with E-state index in [-0.39, 0.29) is 26.2 Å². The number of carboxylic acids is 1. The molecule has 1 aromatic rings. The number of rotatable bonds is 8. The van der Waals surface area contributed by atoms with Gasteiger partial charge in [0.2, 0.25) is 0 Å². The molecule has 0 bridgehead atoms. The Morgan fingerprint density at radius 2 is 2.12 bits per heavy atom. The van der Waals surface area contributed by atoms with Crippen molar-refractivity contribution >= 4 is 5.97 Å². The smallest absolute Gasteiger partial charge is 0.305 e. The number of aliphatic hydroxyl groups is 1. The number of carbonyl (C=O) groups is 1. The van der Waals surface area contributed by atoms with Crippen molar-refractivity contribution in [1.82, 2.24) is 0 Å². The van der Waals surface area contributed by atoms with Crippen molar-refractivity contribution in [3.8, 4) is 5.75 Å². The molecule has 0 fully saturated rings. The van der Waals surface area contributed by atoms with Crippen LogP contribution >= 0.6 is 0 Å². The van der Waals surface area contributed by atoms with Gasteiger partial charge in [0.1, 0.15) is 12.4 Å². The molecule has 17 heavy (non-hydrogen) atoms. The fourth-order valence-corrected chi connectivity index (χ4v) is 1.24. The molecular formula is C12H16O5. The highest BCUT2D eigenvalue weighted by molar-refractivity contribution is 5.66. The Morgan fingerprint density at radius 3 is 2.82 bits per heavy atom. The summed E-state index contributed by atoms with van der Waals surface area (Å²) in [5, 5.41) is 17.0. The fourth-order valence-electron chi connectivity index (χ4n) is 1.24. The molecule has 0 unspecified atom stereocenters. The Labute approximate surface area is 99.6 Å². The molecule has 0 heterocycles. The molecule has 2 N–H and O–H groups in total. The van der Waals surface area contributed by atoms with Gasteiger partial charge in [-0.3, -0.25) is 4.79 Å². The van der Waals surface area contributed by atoms with Crippen molar-refractivity contribution in [2.75, 3.05) is 19.8 Å². The summed E-state index contributed by atoms with van der Waals surface area (Å²) in [6.45, 7) is 0.767. The van der Waals surface area contributed by atoms with Crippen LogP contribution in [0.1, 0.15) is 12.0 Å². The number of aliphatic carboxylic acids is 1. The maximum absolute atomic E-state index is 10.3. The molecule has 5 nitrogen and oxygen atoms in total. The number of carboxylic acid groups (broad SMARTS) is 1. The van der Waals surface area contributed by atoms with Crippen molar-refractivity contribution in [2.24, 2.45) is 0 Å². The minimum Gasteiger partial charge on any atom is -0.491 e. The second-order valence-corrected chi connectivity index (χ2v) is 3.42. The second kappa shape index (κ2) is 7.65. The van der Waals surface area contributed by atoms with Crippen LogP contribution in [0.15, 0.2) is 24.3 Å². The Kier molecular flexibility index (Phi) is 6.06. The zero-order valence-corrected chi connectivity index (χ0v) is 9.46. The summed E-state index contributed by atoms with van der Waals surface area (Å²) in [5.74, 6) is -0.205. The summed E-state index contributed by atoms with van der Waals surface area (Å²) in [7, 11) is 0. The molecule has 0 radical (unpaired) electrons. The first-order chi connectivity index (χ1) is 8.22. The van der Waals surface area contributed by atoms with Gasteiger partial charge in [-0.2, -0.15) is 0 Å². The number of aliphatic hydroxyl groups excluding tert-OH is 1. The van der Waals surface area contributed by atoms with Crippen molar-refractivity contribution in [3.05, 3.63) is 29.8 Å². The minimum absolute atomic E-state index is 0.000698. The van der Waals surface area contributed by atoms with Gasteiger partial charge in [-0.1, -0.05) is 12.1 Å². The van der Waals surface area contributed by atoms with Crippen LogP contribution in [0.25, 0.3) is 0 Å². The van der Waals surface area contributed by atoms with Gasteiger partial charge in [-0.25, -0.2) is 0 Å². The minimum atomic E-state index is -0.870. The maximum Gasteiger partial charge on any atom is 0.305 e. The van der Waals surface area contributed by atoms with Gasteiger partial charge in [-0.05, 0) is 17.7 Å². The van der Waals surface area contributed by atoms with Gasteiger partial charge in [-0.15, -0.1) is 0 Å². The van der Waals surface area contributed by atoms with E-state index in [1.807, 2.05) is 12.1 Å². The highest BCUT2D eigenvalue weighted by Gasteiger charge is 1.99. The first kappa shape index (κ1) is 13.5. The topological polar surface area (TPSA) is 76.0 Å². The fraction of sp³-hybridized carbons (Fsp3) is 0.417. The van der Waals surface area contributed by atoms with Crippen LogP contribution in [0.4, 0.5) is 0 Å². The first-order valence-corrected chi connectivity index (χ1v) is 5.34. The summed E-state index contributed by atoms with van der Waals surface area (Å²) in [6.07, 6.45) is 0.000698. The lowest BCUT2D eigenvalue weighted by Gasteiger charge is -2.07. The molecule has 0 aliphatic carbocycles. The van der Waals surface area contributed by atoms with E-state index in [1.54, 1.807) is 12.1 Å². The van der Waals surface area contributed by atoms with Crippen molar-refractivity contribution in [1.29, 1.82) is 0 Å². The van der Waals surface area contributed by atoms with Gasteiger partial charge in [0.05, 0.1) is 26.2 Å². The molecule has 94 valence electrons. The van der Waals surface area contributed by atoms with Crippen LogP contribution in [-0.2, 0) is 16.1 Å². The van der Waals surface area contributed by atoms with Crippen LogP contribution in [0.5, 0.6) is 5.75 Å². The lowest BCUT2D eigenvalue weighted by molar-refractivity contribution is -0.138. The number of benzene rings is 1. The third-order valence-corrected chi connectivity index (χ3v) is 1.99. The van der Waals surface area contributed by atoms with Crippen LogP contribution in [0, 0.1) is 0 Å². The molecule has 0 atom stereocenters. The van der Waals surface area contributed by atoms with Gasteiger partial charge in [0, 0.05) is 0 Å². The number of hydrogen-bond acceptors (Lipinski definition) is 4. The van der Waals surface area contributed by atoms with E-state index in [9.17, 15) is 4.79 Å². The lowest BCUT2D eigenvalue weighted by Crippen LogP contribution is -2.04. The standard InChI is InChI=1S/C12H16O5/c13-5-7-17-11-3-1-2-10(8-11)9-16-6-4-12(14)15/h1-3,8,13H,4-7,9H2,(H,14,15). The summed E-state index contributed by atoms with van der Waals surface area (Å²) < 4.78 is 10.4. The lowest BCUT2D eigenvalue weighted by atomic mass is 10.2. The Morgan fingerprint density at radius 1 is 1.29 bits per heavy atom. The predicted molar refractivity (Wildman–Crippen MR) is 60.9 cm³/mol. The first-order valence-electron chi connectivity index (χ1n) is 5.34. The largest absolute Gasteiger partial charge is 0.491 e. The average Bonchev–Trinajstić information content (AvgIpc) is 2.32. The third kappa shape index (κ3) is 5.89. The van der Waals surface area contributed by atoms with E-state index in [0.717, 1.165) is 5.56 Å². The Bertz CT molecular complexity index is 351. The quantitative estimate of drug-likeness (QED) is 0.664. The van der Waals surface area contributed by atoms with Crippen molar-refractivity contribution < 1.29 is 24.5 Å². The molecule has 1 aromatic carbocycles. The molecule has 0 saturated heterocycles. The summed E-state index contributed by atoms with van der Waals surface area (Å²) in [4.78, 5) is 10.3. The summed E-state index contributed by atoms with van der Waals surface area (Å²) >= 11 is 0. The van der Waals surface area contributed by atoms with Gasteiger partial charge in [0.25, 0.3) is 0 Å². The zero-order chi connectivity index (χ0) is 12.5. The number of ether oxygens (including phenoxy) is 2. The monoisotopic (exact) mass is 240 g/mol. The maximum atomic E-state index is 10.3. The third-order valence-electron chi connectivity index (χ3n) is 1.99. The van der Waals surface area contributed by atoms with Gasteiger partial charge >= 0.3 is 5.97 Å². The molecule has 1 rings (SSSR count). The zero-order valence-electron chi connectivity index (χ0n) is 9.46. The molecule has 0 aliphatic rings. The molecule has 0 saturated carbocycles. The Hall–Kier alpha value is -1.59. The van der Waals surface area contributed by atoms with Gasteiger partial charge in [0.15, 0.2) is 0 Å². The predicted octanol–water partition coefficient (Wildman–Crippen LogP) is 1.05. The van der Waals surface area contributed by atoms with E-state index >= 15 is 0 Å². The van der Waals surface area contributed by atoms with E-state index in [1.165, 1.54) is 0 Å². The van der Waals surface area contributed by atoms with Crippen molar-refractivity contribution in [3.63, 3.8) is 0 Å². The van der Waals surface area contributed by atoms with Crippen LogP contribution in [-0.4, -0.2) is 36.0 Å². The molecular weight excluding hydrogens is 224 g/mol. The second-order valence-electron chi connectivity index (χ2n) is 3.42. The van der Waals surface area contributed by atoms with E-state index in [4.69, 9.17) is 19.7 Å². The average molecular weight is 240 g/mol. The molecule has 5 heteroatoms. The normalized spacial score (nSPS) is 10.2.